The van der Waals surface area contributed by atoms with Crippen LogP contribution in [0.15, 0.2) is 42.5 Å². The van der Waals surface area contributed by atoms with E-state index < -0.39 is 0 Å². The maximum Gasteiger partial charge on any atom is 0.147 e. The number of para-hydroxylation sites is 1. The van der Waals surface area contributed by atoms with E-state index in [0.717, 1.165) is 24.3 Å². The highest BCUT2D eigenvalue weighted by molar-refractivity contribution is 6.42. The first-order valence-corrected chi connectivity index (χ1v) is 7.83. The number of hydrogen-bond donors (Lipinski definition) is 1. The van der Waals surface area contributed by atoms with Crippen LogP contribution in [0.4, 0.5) is 0 Å². The molecular formula is C17H19Cl2NO. The van der Waals surface area contributed by atoms with Gasteiger partial charge in [0.05, 0.1) is 5.02 Å². The summed E-state index contributed by atoms with van der Waals surface area (Å²) in [5.41, 5.74) is 1.10. The molecule has 4 heteroatoms. The summed E-state index contributed by atoms with van der Waals surface area (Å²) in [7, 11) is 0. The fraction of sp³-hybridized carbons (Fsp3) is 0.294. The molecule has 0 spiro atoms. The molecule has 0 aliphatic heterocycles. The van der Waals surface area contributed by atoms with Crippen LogP contribution in [0.5, 0.6) is 11.5 Å². The van der Waals surface area contributed by atoms with Gasteiger partial charge in [-0.15, -0.1) is 0 Å². The van der Waals surface area contributed by atoms with Gasteiger partial charge in [-0.1, -0.05) is 54.4 Å². The Hall–Kier alpha value is -1.22. The number of benzene rings is 2. The normalized spacial score (nSPS) is 12.2. The molecule has 2 aromatic rings. The second-order valence-electron chi connectivity index (χ2n) is 4.87. The van der Waals surface area contributed by atoms with Gasteiger partial charge in [-0.3, -0.25) is 0 Å². The molecule has 0 aliphatic rings. The lowest BCUT2D eigenvalue weighted by molar-refractivity contribution is 0.461. The highest BCUT2D eigenvalue weighted by Gasteiger charge is 2.13. The summed E-state index contributed by atoms with van der Waals surface area (Å²) in [5, 5.41) is 4.38. The zero-order valence-electron chi connectivity index (χ0n) is 12.2. The Kier molecular flexibility index (Phi) is 5.92. The first kappa shape index (κ1) is 16.2. The summed E-state index contributed by atoms with van der Waals surface area (Å²) in [6.07, 6.45) is 1.09. The van der Waals surface area contributed by atoms with Crippen molar-refractivity contribution in [3.63, 3.8) is 0 Å². The molecule has 0 amide bonds. The average Bonchev–Trinajstić information content (AvgIpc) is 2.50. The lowest BCUT2D eigenvalue weighted by Crippen LogP contribution is -2.19. The summed E-state index contributed by atoms with van der Waals surface area (Å²) in [6, 6.07) is 13.5. The zero-order chi connectivity index (χ0) is 15.2. The van der Waals surface area contributed by atoms with Crippen molar-refractivity contribution in [1.82, 2.24) is 5.32 Å². The molecule has 2 aromatic carbocycles. The van der Waals surface area contributed by atoms with Gasteiger partial charge in [0.1, 0.15) is 16.5 Å². The molecule has 0 saturated carbocycles. The molecule has 0 heterocycles. The average molecular weight is 324 g/mol. The third kappa shape index (κ3) is 4.13. The lowest BCUT2D eigenvalue weighted by atomic mass is 10.1. The molecule has 1 unspecified atom stereocenters. The quantitative estimate of drug-likeness (QED) is 0.720. The molecule has 0 radical (unpaired) electrons. The first-order valence-electron chi connectivity index (χ1n) is 7.07. The second kappa shape index (κ2) is 7.69. The van der Waals surface area contributed by atoms with Crippen LogP contribution in [-0.2, 0) is 0 Å². The van der Waals surface area contributed by atoms with E-state index in [9.17, 15) is 0 Å². The van der Waals surface area contributed by atoms with Crippen molar-refractivity contribution < 1.29 is 4.74 Å². The number of halogens is 2. The molecule has 0 fully saturated rings. The van der Waals surface area contributed by atoms with Crippen LogP contribution in [-0.4, -0.2) is 6.54 Å². The minimum absolute atomic E-state index is 0.208. The Labute approximate surface area is 136 Å². The van der Waals surface area contributed by atoms with E-state index in [-0.39, 0.29) is 6.04 Å². The van der Waals surface area contributed by atoms with Gasteiger partial charge in [0.2, 0.25) is 0 Å². The van der Waals surface area contributed by atoms with Crippen molar-refractivity contribution in [1.29, 1.82) is 0 Å². The van der Waals surface area contributed by atoms with Crippen LogP contribution >= 0.6 is 23.2 Å². The topological polar surface area (TPSA) is 21.3 Å². The van der Waals surface area contributed by atoms with Crippen LogP contribution in [0.25, 0.3) is 0 Å². The molecule has 21 heavy (non-hydrogen) atoms. The van der Waals surface area contributed by atoms with Crippen molar-refractivity contribution in [2.45, 2.75) is 26.3 Å². The van der Waals surface area contributed by atoms with E-state index in [4.69, 9.17) is 27.9 Å². The molecule has 0 saturated heterocycles. The molecule has 1 N–H and O–H groups in total. The number of rotatable bonds is 6. The van der Waals surface area contributed by atoms with Crippen LogP contribution in [0.2, 0.25) is 10.0 Å². The van der Waals surface area contributed by atoms with E-state index in [0.29, 0.717) is 15.8 Å². The molecule has 0 aliphatic carbocycles. The second-order valence-corrected chi connectivity index (χ2v) is 5.65. The van der Waals surface area contributed by atoms with Crippen molar-refractivity contribution >= 4 is 23.2 Å². The van der Waals surface area contributed by atoms with Crippen molar-refractivity contribution in [2.75, 3.05) is 6.54 Å². The summed E-state index contributed by atoms with van der Waals surface area (Å²) in [4.78, 5) is 0. The fourth-order valence-corrected chi connectivity index (χ4v) is 2.41. The molecule has 1 atom stereocenters. The van der Waals surface area contributed by atoms with Crippen LogP contribution < -0.4 is 10.1 Å². The van der Waals surface area contributed by atoms with Gasteiger partial charge in [-0.25, -0.2) is 0 Å². The third-order valence-corrected chi connectivity index (χ3v) is 4.02. The summed E-state index contributed by atoms with van der Waals surface area (Å²) in [6.45, 7) is 5.23. The minimum Gasteiger partial charge on any atom is -0.455 e. The SMILES string of the molecule is CCCNC(C)c1ccccc1Oc1cccc(Cl)c1Cl. The fourth-order valence-electron chi connectivity index (χ4n) is 2.08. The van der Waals surface area contributed by atoms with Gasteiger partial charge in [-0.05, 0) is 38.1 Å². The molecular weight excluding hydrogens is 305 g/mol. The van der Waals surface area contributed by atoms with E-state index in [1.165, 1.54) is 0 Å². The van der Waals surface area contributed by atoms with E-state index in [1.807, 2.05) is 30.3 Å². The Morgan fingerprint density at radius 1 is 1.05 bits per heavy atom. The van der Waals surface area contributed by atoms with Crippen molar-refractivity contribution in [3.8, 4) is 11.5 Å². The molecule has 0 bridgehead atoms. The predicted octanol–water partition coefficient (Wildman–Crippen LogP) is 5.85. The molecule has 2 nitrogen and oxygen atoms in total. The van der Waals surface area contributed by atoms with Gasteiger partial charge in [0, 0.05) is 11.6 Å². The number of ether oxygens (including phenoxy) is 1. The Morgan fingerprint density at radius 2 is 1.76 bits per heavy atom. The molecule has 0 aromatic heterocycles. The predicted molar refractivity (Wildman–Crippen MR) is 89.7 cm³/mol. The lowest BCUT2D eigenvalue weighted by Gasteiger charge is -2.18. The van der Waals surface area contributed by atoms with Crippen LogP contribution in [0.1, 0.15) is 31.9 Å². The smallest absolute Gasteiger partial charge is 0.147 e. The summed E-state index contributed by atoms with van der Waals surface area (Å²) in [5.74, 6) is 1.36. The summed E-state index contributed by atoms with van der Waals surface area (Å²) < 4.78 is 5.97. The highest BCUT2D eigenvalue weighted by atomic mass is 35.5. The van der Waals surface area contributed by atoms with Gasteiger partial charge < -0.3 is 10.1 Å². The van der Waals surface area contributed by atoms with Gasteiger partial charge in [0.25, 0.3) is 0 Å². The van der Waals surface area contributed by atoms with E-state index >= 15 is 0 Å². The van der Waals surface area contributed by atoms with Gasteiger partial charge >= 0.3 is 0 Å². The van der Waals surface area contributed by atoms with Crippen LogP contribution in [0, 0.1) is 0 Å². The molecule has 2 rings (SSSR count). The number of hydrogen-bond acceptors (Lipinski definition) is 2. The largest absolute Gasteiger partial charge is 0.455 e. The standard InChI is InChI=1S/C17H19Cl2NO/c1-3-11-20-12(2)13-7-4-5-9-15(13)21-16-10-6-8-14(18)17(16)19/h4-10,12,20H,3,11H2,1-2H3. The Balaban J connectivity index is 2.26. The molecule has 112 valence electrons. The third-order valence-electron chi connectivity index (χ3n) is 3.22. The van der Waals surface area contributed by atoms with E-state index in [2.05, 4.69) is 25.2 Å². The monoisotopic (exact) mass is 323 g/mol. The minimum atomic E-state index is 0.208. The van der Waals surface area contributed by atoms with Crippen LogP contribution in [0.3, 0.4) is 0 Å². The maximum atomic E-state index is 6.19. The van der Waals surface area contributed by atoms with Crippen molar-refractivity contribution in [2.24, 2.45) is 0 Å². The van der Waals surface area contributed by atoms with Gasteiger partial charge in [0.15, 0.2) is 0 Å². The Bertz CT molecular complexity index is 601. The Morgan fingerprint density at radius 3 is 2.52 bits per heavy atom. The maximum absolute atomic E-state index is 6.19. The van der Waals surface area contributed by atoms with Crippen molar-refractivity contribution in [3.05, 3.63) is 58.1 Å². The summed E-state index contributed by atoms with van der Waals surface area (Å²) >= 11 is 12.2. The van der Waals surface area contributed by atoms with Gasteiger partial charge in [-0.2, -0.15) is 0 Å². The van der Waals surface area contributed by atoms with E-state index in [1.54, 1.807) is 6.07 Å². The highest BCUT2D eigenvalue weighted by Crippen LogP contribution is 2.36. The first-order chi connectivity index (χ1) is 10.1. The zero-order valence-corrected chi connectivity index (χ0v) is 13.7. The number of nitrogens with one attached hydrogen (secondary N) is 1.